The molecule has 0 aliphatic carbocycles. The van der Waals surface area contributed by atoms with Crippen LogP contribution in [0.2, 0.25) is 0 Å². The summed E-state index contributed by atoms with van der Waals surface area (Å²) in [5.41, 5.74) is 5.33. The first kappa shape index (κ1) is 15.3. The highest BCUT2D eigenvalue weighted by molar-refractivity contribution is 5.71. The first-order chi connectivity index (χ1) is 7.72. The van der Waals surface area contributed by atoms with Gasteiger partial charge in [-0.05, 0) is 12.8 Å². The van der Waals surface area contributed by atoms with Gasteiger partial charge in [0.1, 0.15) is 0 Å². The monoisotopic (exact) mass is 228 g/mol. The van der Waals surface area contributed by atoms with Crippen molar-refractivity contribution >= 4 is 6.03 Å². The van der Waals surface area contributed by atoms with Crippen molar-refractivity contribution in [2.75, 3.05) is 13.1 Å². The molecule has 0 radical (unpaired) electrons. The number of hydrogen-bond donors (Lipinski definition) is 1. The standard InChI is InChI=1S/C13H28N2O/c1-3-5-7-8-9-10-12-15(13(14)16)11-6-4-2/h3-12H2,1-2H3,(H2,14,16). The van der Waals surface area contributed by atoms with Crippen molar-refractivity contribution in [2.24, 2.45) is 5.73 Å². The van der Waals surface area contributed by atoms with Crippen LogP contribution in [-0.2, 0) is 0 Å². The summed E-state index contributed by atoms with van der Waals surface area (Å²) in [6, 6.07) is -0.262. The number of nitrogens with two attached hydrogens (primary N) is 1. The molecular weight excluding hydrogens is 200 g/mol. The SMILES string of the molecule is CCCCCCCCN(CCCC)C(N)=O. The van der Waals surface area contributed by atoms with Crippen molar-refractivity contribution in [2.45, 2.75) is 65.2 Å². The zero-order chi connectivity index (χ0) is 12.2. The predicted octanol–water partition coefficient (Wildman–Crippen LogP) is 3.53. The summed E-state index contributed by atoms with van der Waals surface area (Å²) in [4.78, 5) is 12.9. The zero-order valence-corrected chi connectivity index (χ0v) is 11.0. The van der Waals surface area contributed by atoms with E-state index in [4.69, 9.17) is 5.73 Å². The number of nitrogens with zero attached hydrogens (tertiary/aromatic N) is 1. The molecule has 0 spiro atoms. The summed E-state index contributed by atoms with van der Waals surface area (Å²) in [6.07, 6.45) is 9.70. The molecule has 0 aromatic rings. The van der Waals surface area contributed by atoms with Crippen LogP contribution in [-0.4, -0.2) is 24.0 Å². The lowest BCUT2D eigenvalue weighted by atomic mass is 10.1. The molecule has 3 nitrogen and oxygen atoms in total. The maximum atomic E-state index is 11.1. The summed E-state index contributed by atoms with van der Waals surface area (Å²) in [5.74, 6) is 0. The van der Waals surface area contributed by atoms with Crippen LogP contribution in [0.1, 0.15) is 65.2 Å². The van der Waals surface area contributed by atoms with Crippen molar-refractivity contribution in [1.82, 2.24) is 4.90 Å². The molecule has 0 heterocycles. The van der Waals surface area contributed by atoms with Gasteiger partial charge < -0.3 is 10.6 Å². The van der Waals surface area contributed by atoms with Gasteiger partial charge in [-0.3, -0.25) is 0 Å². The van der Waals surface area contributed by atoms with Gasteiger partial charge in [0.25, 0.3) is 0 Å². The first-order valence-electron chi connectivity index (χ1n) is 6.76. The molecule has 96 valence electrons. The Morgan fingerprint density at radius 2 is 1.38 bits per heavy atom. The minimum absolute atomic E-state index is 0.262. The predicted molar refractivity (Wildman–Crippen MR) is 69.4 cm³/mol. The number of primary amides is 1. The average Bonchev–Trinajstić information content (AvgIpc) is 2.26. The minimum atomic E-state index is -0.262. The maximum absolute atomic E-state index is 11.1. The molecule has 0 aliphatic heterocycles. The summed E-state index contributed by atoms with van der Waals surface area (Å²) in [7, 11) is 0. The Bertz CT molecular complexity index is 171. The molecule has 0 aromatic carbocycles. The van der Waals surface area contributed by atoms with Crippen molar-refractivity contribution in [3.63, 3.8) is 0 Å². The van der Waals surface area contributed by atoms with E-state index in [2.05, 4.69) is 13.8 Å². The molecule has 0 unspecified atom stereocenters. The van der Waals surface area contributed by atoms with Crippen LogP contribution >= 0.6 is 0 Å². The largest absolute Gasteiger partial charge is 0.351 e. The van der Waals surface area contributed by atoms with Crippen molar-refractivity contribution < 1.29 is 4.79 Å². The second-order valence-corrected chi connectivity index (χ2v) is 4.45. The van der Waals surface area contributed by atoms with Gasteiger partial charge in [-0.1, -0.05) is 52.4 Å². The molecule has 2 N–H and O–H groups in total. The fraction of sp³-hybridized carbons (Fsp3) is 0.923. The van der Waals surface area contributed by atoms with E-state index < -0.39 is 0 Å². The number of carbonyl (C=O) groups is 1. The number of rotatable bonds is 10. The van der Waals surface area contributed by atoms with Crippen molar-refractivity contribution in [3.8, 4) is 0 Å². The summed E-state index contributed by atoms with van der Waals surface area (Å²) in [5, 5.41) is 0. The zero-order valence-electron chi connectivity index (χ0n) is 11.0. The van der Waals surface area contributed by atoms with Crippen LogP contribution in [0, 0.1) is 0 Å². The summed E-state index contributed by atoms with van der Waals surface area (Å²) < 4.78 is 0. The number of urea groups is 1. The molecule has 3 heteroatoms. The maximum Gasteiger partial charge on any atom is 0.314 e. The second-order valence-electron chi connectivity index (χ2n) is 4.45. The van der Waals surface area contributed by atoms with Crippen LogP contribution in [0.15, 0.2) is 0 Å². The van der Waals surface area contributed by atoms with Crippen LogP contribution in [0.25, 0.3) is 0 Å². The van der Waals surface area contributed by atoms with Gasteiger partial charge in [-0.2, -0.15) is 0 Å². The number of carbonyl (C=O) groups excluding carboxylic acids is 1. The Hall–Kier alpha value is -0.730. The fourth-order valence-electron chi connectivity index (χ4n) is 1.76. The third kappa shape index (κ3) is 8.57. The third-order valence-corrected chi connectivity index (χ3v) is 2.87. The van der Waals surface area contributed by atoms with E-state index in [0.29, 0.717) is 0 Å². The van der Waals surface area contributed by atoms with Crippen LogP contribution in [0.5, 0.6) is 0 Å². The average molecular weight is 228 g/mol. The number of hydrogen-bond acceptors (Lipinski definition) is 1. The smallest absolute Gasteiger partial charge is 0.314 e. The van der Waals surface area contributed by atoms with Crippen molar-refractivity contribution in [3.05, 3.63) is 0 Å². The van der Waals surface area contributed by atoms with Gasteiger partial charge >= 0.3 is 6.03 Å². The molecule has 0 fully saturated rings. The Balaban J connectivity index is 3.48. The highest BCUT2D eigenvalue weighted by atomic mass is 16.2. The fourth-order valence-corrected chi connectivity index (χ4v) is 1.76. The molecule has 0 aliphatic rings. The molecule has 0 saturated carbocycles. The minimum Gasteiger partial charge on any atom is -0.351 e. The summed E-state index contributed by atoms with van der Waals surface area (Å²) >= 11 is 0. The van der Waals surface area contributed by atoms with Gasteiger partial charge in [0, 0.05) is 13.1 Å². The Labute approximate surface area is 100 Å². The van der Waals surface area contributed by atoms with E-state index in [1.54, 1.807) is 4.90 Å². The molecule has 0 atom stereocenters. The van der Waals surface area contributed by atoms with Gasteiger partial charge in [0.05, 0.1) is 0 Å². The van der Waals surface area contributed by atoms with E-state index in [0.717, 1.165) is 32.4 Å². The highest BCUT2D eigenvalue weighted by Gasteiger charge is 2.07. The van der Waals surface area contributed by atoms with Gasteiger partial charge in [-0.25, -0.2) is 4.79 Å². The molecule has 0 bridgehead atoms. The van der Waals surface area contributed by atoms with Gasteiger partial charge in [0.2, 0.25) is 0 Å². The van der Waals surface area contributed by atoms with E-state index >= 15 is 0 Å². The van der Waals surface area contributed by atoms with E-state index in [1.165, 1.54) is 32.1 Å². The van der Waals surface area contributed by atoms with Crippen LogP contribution < -0.4 is 5.73 Å². The van der Waals surface area contributed by atoms with E-state index in [9.17, 15) is 4.79 Å². The molecule has 0 saturated heterocycles. The topological polar surface area (TPSA) is 46.3 Å². The van der Waals surface area contributed by atoms with Crippen LogP contribution in [0.3, 0.4) is 0 Å². The Morgan fingerprint density at radius 3 is 1.94 bits per heavy atom. The van der Waals surface area contributed by atoms with Crippen LogP contribution in [0.4, 0.5) is 4.79 Å². The molecule has 16 heavy (non-hydrogen) atoms. The third-order valence-electron chi connectivity index (χ3n) is 2.87. The number of unbranched alkanes of at least 4 members (excludes halogenated alkanes) is 6. The lowest BCUT2D eigenvalue weighted by molar-refractivity contribution is 0.205. The molecule has 0 rings (SSSR count). The van der Waals surface area contributed by atoms with Gasteiger partial charge in [-0.15, -0.1) is 0 Å². The molecular formula is C13H28N2O. The quantitative estimate of drug-likeness (QED) is 0.571. The Kier molecular flexibility index (Phi) is 10.3. The van der Waals surface area contributed by atoms with Gasteiger partial charge in [0.15, 0.2) is 0 Å². The summed E-state index contributed by atoms with van der Waals surface area (Å²) in [6.45, 7) is 6.01. The Morgan fingerprint density at radius 1 is 0.875 bits per heavy atom. The molecule has 2 amide bonds. The molecule has 0 aromatic heterocycles. The van der Waals surface area contributed by atoms with E-state index in [1.807, 2.05) is 0 Å². The second kappa shape index (κ2) is 10.8. The lowest BCUT2D eigenvalue weighted by Gasteiger charge is -2.19. The highest BCUT2D eigenvalue weighted by Crippen LogP contribution is 2.06. The lowest BCUT2D eigenvalue weighted by Crippen LogP contribution is -2.37. The van der Waals surface area contributed by atoms with E-state index in [-0.39, 0.29) is 6.03 Å². The van der Waals surface area contributed by atoms with Crippen molar-refractivity contribution in [1.29, 1.82) is 0 Å². The normalized spacial score (nSPS) is 10.4. The number of amides is 2. The first-order valence-corrected chi connectivity index (χ1v) is 6.76.